The van der Waals surface area contributed by atoms with Crippen molar-refractivity contribution >= 4 is 17.6 Å². The van der Waals surface area contributed by atoms with Crippen molar-refractivity contribution in [3.05, 3.63) is 35.9 Å². The van der Waals surface area contributed by atoms with Gasteiger partial charge in [0.05, 0.1) is 5.69 Å². The third kappa shape index (κ3) is 3.47. The van der Waals surface area contributed by atoms with Crippen LogP contribution in [-0.2, 0) is 17.1 Å². The van der Waals surface area contributed by atoms with Crippen LogP contribution in [0.3, 0.4) is 0 Å². The molecule has 17 heavy (non-hydrogen) atoms. The molecule has 0 aliphatic carbocycles. The second kappa shape index (κ2) is 5.70. The first-order valence-electron chi connectivity index (χ1n) is 5.05. The largest absolute Gasteiger partial charge is 0.384 e. The highest BCUT2D eigenvalue weighted by atomic mass is 32.2. The maximum absolute atomic E-state index is 5.51. The number of aromatic nitrogens is 2. The van der Waals surface area contributed by atoms with Crippen LogP contribution in [-0.4, -0.2) is 17.3 Å². The van der Waals surface area contributed by atoms with Crippen LogP contribution in [0, 0.1) is 0 Å². The number of anilines is 1. The fourth-order valence-electron chi connectivity index (χ4n) is 1.27. The third-order valence-corrected chi connectivity index (χ3v) is 3.06. The molecule has 6 heteroatoms. The van der Waals surface area contributed by atoms with E-state index in [-0.39, 0.29) is 0 Å². The Bertz CT molecular complexity index is 470. The second-order valence-corrected chi connectivity index (χ2v) is 4.47. The smallest absolute Gasteiger partial charge is 0.162 e. The Morgan fingerprint density at radius 2 is 2.35 bits per heavy atom. The summed E-state index contributed by atoms with van der Waals surface area (Å²) in [6.45, 7) is 0.446. The van der Waals surface area contributed by atoms with E-state index in [1.807, 2.05) is 12.1 Å². The fourth-order valence-corrected chi connectivity index (χ4v) is 2.01. The molecule has 0 bridgehead atoms. The van der Waals surface area contributed by atoms with Gasteiger partial charge in [0.1, 0.15) is 12.4 Å². The SMILES string of the molecule is COCc1cc(CSc2ccc(N)nc2)no1. The van der Waals surface area contributed by atoms with Crippen molar-refractivity contribution in [3.63, 3.8) is 0 Å². The van der Waals surface area contributed by atoms with Crippen LogP contribution in [0.15, 0.2) is 33.8 Å². The average molecular weight is 251 g/mol. The molecule has 0 fully saturated rings. The predicted octanol–water partition coefficient (Wildman–Crippen LogP) is 2.09. The van der Waals surface area contributed by atoms with E-state index < -0.39 is 0 Å². The van der Waals surface area contributed by atoms with Crippen LogP contribution in [0.4, 0.5) is 5.82 Å². The number of methoxy groups -OCH3 is 1. The minimum atomic E-state index is 0.446. The van der Waals surface area contributed by atoms with Crippen molar-refractivity contribution in [1.29, 1.82) is 0 Å². The van der Waals surface area contributed by atoms with Gasteiger partial charge in [-0.3, -0.25) is 0 Å². The van der Waals surface area contributed by atoms with Crippen molar-refractivity contribution in [2.45, 2.75) is 17.3 Å². The number of nitrogen functional groups attached to an aromatic ring is 1. The molecule has 90 valence electrons. The number of hydrogen-bond donors (Lipinski definition) is 1. The first-order valence-corrected chi connectivity index (χ1v) is 6.04. The van der Waals surface area contributed by atoms with Crippen LogP contribution in [0.2, 0.25) is 0 Å². The Morgan fingerprint density at radius 1 is 1.47 bits per heavy atom. The maximum Gasteiger partial charge on any atom is 0.162 e. The molecule has 0 radical (unpaired) electrons. The quantitative estimate of drug-likeness (QED) is 0.820. The van der Waals surface area contributed by atoms with Crippen molar-refractivity contribution in [2.75, 3.05) is 12.8 Å². The molecular weight excluding hydrogens is 238 g/mol. The summed E-state index contributed by atoms with van der Waals surface area (Å²) >= 11 is 1.63. The zero-order valence-electron chi connectivity index (χ0n) is 9.42. The molecule has 0 saturated heterocycles. The van der Waals surface area contributed by atoms with Gasteiger partial charge in [-0.1, -0.05) is 5.16 Å². The Hall–Kier alpha value is -1.53. The average Bonchev–Trinajstić information content (AvgIpc) is 2.77. The van der Waals surface area contributed by atoms with Gasteiger partial charge in [0.15, 0.2) is 5.76 Å². The van der Waals surface area contributed by atoms with E-state index in [1.165, 1.54) is 0 Å². The topological polar surface area (TPSA) is 74.2 Å². The van der Waals surface area contributed by atoms with Gasteiger partial charge in [0.2, 0.25) is 0 Å². The predicted molar refractivity (Wildman–Crippen MR) is 65.4 cm³/mol. The molecule has 2 N–H and O–H groups in total. The van der Waals surface area contributed by atoms with Gasteiger partial charge < -0.3 is 15.0 Å². The van der Waals surface area contributed by atoms with Crippen LogP contribution in [0.1, 0.15) is 11.5 Å². The van der Waals surface area contributed by atoms with Gasteiger partial charge in [0.25, 0.3) is 0 Å². The summed E-state index contributed by atoms with van der Waals surface area (Å²) in [7, 11) is 1.62. The lowest BCUT2D eigenvalue weighted by Crippen LogP contribution is -1.88. The molecule has 0 aliphatic heterocycles. The van der Waals surface area contributed by atoms with Crippen molar-refractivity contribution in [3.8, 4) is 0 Å². The number of pyridine rings is 1. The summed E-state index contributed by atoms with van der Waals surface area (Å²) in [5, 5.41) is 3.95. The van der Waals surface area contributed by atoms with E-state index in [0.717, 1.165) is 22.1 Å². The lowest BCUT2D eigenvalue weighted by Gasteiger charge is -1.98. The third-order valence-electron chi connectivity index (χ3n) is 2.04. The molecule has 2 heterocycles. The van der Waals surface area contributed by atoms with Gasteiger partial charge in [0, 0.05) is 30.0 Å². The van der Waals surface area contributed by atoms with Crippen LogP contribution in [0.5, 0.6) is 0 Å². The van der Waals surface area contributed by atoms with Gasteiger partial charge in [-0.05, 0) is 12.1 Å². The van der Waals surface area contributed by atoms with Crippen molar-refractivity contribution < 1.29 is 9.26 Å². The summed E-state index contributed by atoms with van der Waals surface area (Å²) < 4.78 is 10.0. The lowest BCUT2D eigenvalue weighted by atomic mass is 10.4. The molecular formula is C11H13N3O2S. The number of nitrogens with two attached hydrogens (primary N) is 1. The molecule has 5 nitrogen and oxygen atoms in total. The molecule has 0 atom stereocenters. The second-order valence-electron chi connectivity index (χ2n) is 3.43. The monoisotopic (exact) mass is 251 g/mol. The molecule has 0 saturated carbocycles. The molecule has 2 aromatic rings. The molecule has 0 aliphatic rings. The Labute approximate surface area is 103 Å². The minimum Gasteiger partial charge on any atom is -0.384 e. The number of nitrogens with zero attached hydrogens (tertiary/aromatic N) is 2. The normalized spacial score (nSPS) is 10.6. The fraction of sp³-hybridized carbons (Fsp3) is 0.273. The summed E-state index contributed by atoms with van der Waals surface area (Å²) in [4.78, 5) is 5.07. The van der Waals surface area contributed by atoms with E-state index in [0.29, 0.717) is 12.4 Å². The number of ether oxygens (including phenoxy) is 1. The van der Waals surface area contributed by atoms with Crippen LogP contribution in [0.25, 0.3) is 0 Å². The first kappa shape index (κ1) is 11.9. The molecule has 0 unspecified atom stereocenters. The zero-order valence-corrected chi connectivity index (χ0v) is 10.2. The summed E-state index contributed by atoms with van der Waals surface area (Å²) in [6, 6.07) is 5.60. The van der Waals surface area contributed by atoms with Gasteiger partial charge >= 0.3 is 0 Å². The summed E-state index contributed by atoms with van der Waals surface area (Å²) in [5.41, 5.74) is 6.40. The number of hydrogen-bond acceptors (Lipinski definition) is 6. The van der Waals surface area contributed by atoms with Gasteiger partial charge in [-0.15, -0.1) is 11.8 Å². The minimum absolute atomic E-state index is 0.446. The lowest BCUT2D eigenvalue weighted by molar-refractivity contribution is 0.156. The van der Waals surface area contributed by atoms with E-state index in [2.05, 4.69) is 10.1 Å². The number of rotatable bonds is 5. The molecule has 2 rings (SSSR count). The van der Waals surface area contributed by atoms with E-state index >= 15 is 0 Å². The van der Waals surface area contributed by atoms with Crippen molar-refractivity contribution in [1.82, 2.24) is 10.1 Å². The van der Waals surface area contributed by atoms with Crippen molar-refractivity contribution in [2.24, 2.45) is 0 Å². The highest BCUT2D eigenvalue weighted by molar-refractivity contribution is 7.98. The standard InChI is InChI=1S/C11H13N3O2S/c1-15-6-9-4-8(14-16-9)7-17-10-2-3-11(12)13-5-10/h2-5H,6-7H2,1H3,(H2,12,13). The van der Waals surface area contributed by atoms with Gasteiger partial charge in [-0.2, -0.15) is 0 Å². The van der Waals surface area contributed by atoms with Crippen LogP contribution < -0.4 is 5.73 Å². The zero-order chi connectivity index (χ0) is 12.1. The van der Waals surface area contributed by atoms with Crippen LogP contribution >= 0.6 is 11.8 Å². The summed E-state index contributed by atoms with van der Waals surface area (Å²) in [5.74, 6) is 2.00. The van der Waals surface area contributed by atoms with E-state index in [9.17, 15) is 0 Å². The van der Waals surface area contributed by atoms with E-state index in [1.54, 1.807) is 31.1 Å². The molecule has 0 aromatic carbocycles. The summed E-state index contributed by atoms with van der Waals surface area (Å²) in [6.07, 6.45) is 1.75. The highest BCUT2D eigenvalue weighted by Crippen LogP contribution is 2.22. The Morgan fingerprint density at radius 3 is 3.06 bits per heavy atom. The Kier molecular flexibility index (Phi) is 4.00. The Balaban J connectivity index is 1.90. The van der Waals surface area contributed by atoms with Gasteiger partial charge in [-0.25, -0.2) is 4.98 Å². The molecule has 0 spiro atoms. The van der Waals surface area contributed by atoms with E-state index in [4.69, 9.17) is 15.0 Å². The maximum atomic E-state index is 5.51. The molecule has 0 amide bonds. The highest BCUT2D eigenvalue weighted by Gasteiger charge is 2.04. The molecule has 2 aromatic heterocycles. The number of thioether (sulfide) groups is 1. The first-order chi connectivity index (χ1) is 8.28.